The lowest BCUT2D eigenvalue weighted by atomic mass is 10.2. The number of hydrogen-bond donors (Lipinski definition) is 1. The van der Waals surface area contributed by atoms with Gasteiger partial charge in [0.2, 0.25) is 5.95 Å². The molecule has 1 aromatic rings. The number of nitrogens with zero attached hydrogens (tertiary/aromatic N) is 3. The Hall–Kier alpha value is -1.21. The van der Waals surface area contributed by atoms with E-state index in [4.69, 9.17) is 0 Å². The molecular formula is C14H22N4O2S. The van der Waals surface area contributed by atoms with Crippen LogP contribution in [-0.4, -0.2) is 49.0 Å². The highest BCUT2D eigenvalue weighted by Gasteiger charge is 2.31. The summed E-state index contributed by atoms with van der Waals surface area (Å²) in [6.07, 6.45) is 5.03. The van der Waals surface area contributed by atoms with E-state index in [-0.39, 0.29) is 17.5 Å². The highest BCUT2D eigenvalue weighted by Crippen LogP contribution is 2.22. The zero-order chi connectivity index (χ0) is 15.0. The summed E-state index contributed by atoms with van der Waals surface area (Å²) >= 11 is 0. The molecule has 1 N–H and O–H groups in total. The third-order valence-corrected chi connectivity index (χ3v) is 6.05. The molecule has 0 spiro atoms. The molecule has 0 amide bonds. The van der Waals surface area contributed by atoms with Crippen molar-refractivity contribution < 1.29 is 8.42 Å². The molecule has 0 bridgehead atoms. The van der Waals surface area contributed by atoms with Crippen LogP contribution in [0.1, 0.15) is 30.5 Å². The highest BCUT2D eigenvalue weighted by atomic mass is 32.2. The first-order chi connectivity index (χ1) is 9.94. The first-order valence-electron chi connectivity index (χ1n) is 7.44. The van der Waals surface area contributed by atoms with E-state index in [9.17, 15) is 8.42 Å². The molecule has 6 nitrogen and oxygen atoms in total. The number of rotatable bonds is 5. The summed E-state index contributed by atoms with van der Waals surface area (Å²) in [6.45, 7) is 2.78. The summed E-state index contributed by atoms with van der Waals surface area (Å²) in [5.41, 5.74) is 2.07. The van der Waals surface area contributed by atoms with E-state index in [0.29, 0.717) is 18.4 Å². The van der Waals surface area contributed by atoms with Gasteiger partial charge in [0.05, 0.1) is 11.5 Å². The Kier molecular flexibility index (Phi) is 3.88. The van der Waals surface area contributed by atoms with Crippen LogP contribution >= 0.6 is 0 Å². The van der Waals surface area contributed by atoms with Gasteiger partial charge >= 0.3 is 0 Å². The minimum absolute atomic E-state index is 0.00941. The quantitative estimate of drug-likeness (QED) is 0.861. The molecule has 7 heteroatoms. The van der Waals surface area contributed by atoms with Gasteiger partial charge in [-0.1, -0.05) is 0 Å². The number of sulfone groups is 1. The normalized spacial score (nSPS) is 24.2. The molecule has 1 aliphatic carbocycles. The van der Waals surface area contributed by atoms with Crippen molar-refractivity contribution in [2.45, 2.75) is 44.8 Å². The molecule has 2 aliphatic rings. The lowest BCUT2D eigenvalue weighted by Crippen LogP contribution is -2.34. The number of aryl methyl sites for hydroxylation is 1. The first-order valence-corrected chi connectivity index (χ1v) is 9.26. The lowest BCUT2D eigenvalue weighted by Gasteiger charge is -2.23. The fraction of sp³-hybridized carbons (Fsp3) is 0.714. The minimum atomic E-state index is -2.89. The molecule has 1 aliphatic heterocycles. The maximum absolute atomic E-state index is 11.6. The summed E-state index contributed by atoms with van der Waals surface area (Å²) in [5, 5.41) is 3.46. The van der Waals surface area contributed by atoms with Crippen molar-refractivity contribution in [1.29, 1.82) is 0 Å². The molecule has 0 radical (unpaired) electrons. The van der Waals surface area contributed by atoms with Gasteiger partial charge in [0.1, 0.15) is 0 Å². The number of aromatic nitrogens is 2. The van der Waals surface area contributed by atoms with E-state index in [0.717, 1.165) is 17.8 Å². The Bertz CT molecular complexity index is 628. The predicted molar refractivity (Wildman–Crippen MR) is 82.1 cm³/mol. The van der Waals surface area contributed by atoms with Gasteiger partial charge in [0, 0.05) is 43.1 Å². The molecule has 0 aromatic carbocycles. The third kappa shape index (κ3) is 3.52. The number of anilines is 1. The van der Waals surface area contributed by atoms with Crippen molar-refractivity contribution in [2.75, 3.05) is 23.5 Å². The monoisotopic (exact) mass is 310 g/mol. The molecule has 116 valence electrons. The number of nitrogens with one attached hydrogen (secondary N) is 1. The van der Waals surface area contributed by atoms with E-state index < -0.39 is 9.84 Å². The zero-order valence-corrected chi connectivity index (χ0v) is 13.4. The van der Waals surface area contributed by atoms with Gasteiger partial charge in [0.25, 0.3) is 0 Å². The summed E-state index contributed by atoms with van der Waals surface area (Å²) in [5.74, 6) is 1.09. The lowest BCUT2D eigenvalue weighted by molar-refractivity contribution is 0.600. The maximum atomic E-state index is 11.6. The Morgan fingerprint density at radius 3 is 2.71 bits per heavy atom. The molecule has 1 saturated heterocycles. The fourth-order valence-electron chi connectivity index (χ4n) is 2.61. The van der Waals surface area contributed by atoms with Gasteiger partial charge in [-0.3, -0.25) is 0 Å². The van der Waals surface area contributed by atoms with Gasteiger partial charge in [-0.2, -0.15) is 0 Å². The van der Waals surface area contributed by atoms with Gasteiger partial charge in [0.15, 0.2) is 9.84 Å². The SMILES string of the molecule is Cc1nc(N(C)C2CCS(=O)(=O)C2)ncc1CNC1CC1. The van der Waals surface area contributed by atoms with Crippen LogP contribution in [0.15, 0.2) is 6.20 Å². The molecule has 1 aromatic heterocycles. The second-order valence-electron chi connectivity index (χ2n) is 6.10. The highest BCUT2D eigenvalue weighted by molar-refractivity contribution is 7.91. The Morgan fingerprint density at radius 1 is 1.38 bits per heavy atom. The standard InChI is InChI=1S/C14H22N4O2S/c1-10-11(7-15-12-3-4-12)8-16-14(17-10)18(2)13-5-6-21(19,20)9-13/h8,12-13,15H,3-7,9H2,1-2H3. The van der Waals surface area contributed by atoms with Crippen molar-refractivity contribution in [3.8, 4) is 0 Å². The van der Waals surface area contributed by atoms with E-state index >= 15 is 0 Å². The van der Waals surface area contributed by atoms with Crippen LogP contribution in [0.5, 0.6) is 0 Å². The molecule has 3 rings (SSSR count). The summed E-state index contributed by atoms with van der Waals surface area (Å²) < 4.78 is 23.2. The Labute approximate surface area is 125 Å². The van der Waals surface area contributed by atoms with Crippen molar-refractivity contribution in [1.82, 2.24) is 15.3 Å². The largest absolute Gasteiger partial charge is 0.340 e. The second-order valence-corrected chi connectivity index (χ2v) is 8.33. The molecule has 1 atom stereocenters. The second kappa shape index (κ2) is 5.53. The van der Waals surface area contributed by atoms with E-state index in [1.54, 1.807) is 0 Å². The van der Waals surface area contributed by atoms with E-state index in [2.05, 4.69) is 15.3 Å². The summed E-state index contributed by atoms with van der Waals surface area (Å²) in [4.78, 5) is 10.9. The van der Waals surface area contributed by atoms with Crippen LogP contribution in [0, 0.1) is 6.92 Å². The van der Waals surface area contributed by atoms with E-state index in [1.165, 1.54) is 12.8 Å². The van der Waals surface area contributed by atoms with Crippen LogP contribution in [-0.2, 0) is 16.4 Å². The predicted octanol–water partition coefficient (Wildman–Crippen LogP) is 0.660. The molecule has 2 heterocycles. The molecular weight excluding hydrogens is 288 g/mol. The average Bonchev–Trinajstić information content (AvgIpc) is 3.19. The molecule has 1 unspecified atom stereocenters. The maximum Gasteiger partial charge on any atom is 0.225 e. The van der Waals surface area contributed by atoms with Crippen LogP contribution in [0.25, 0.3) is 0 Å². The van der Waals surface area contributed by atoms with Crippen LogP contribution < -0.4 is 10.2 Å². The third-order valence-electron chi connectivity index (χ3n) is 4.30. The topological polar surface area (TPSA) is 75.2 Å². The van der Waals surface area contributed by atoms with Gasteiger partial charge in [-0.25, -0.2) is 18.4 Å². The van der Waals surface area contributed by atoms with Crippen molar-refractivity contribution in [3.63, 3.8) is 0 Å². The average molecular weight is 310 g/mol. The van der Waals surface area contributed by atoms with Crippen molar-refractivity contribution >= 4 is 15.8 Å². The minimum Gasteiger partial charge on any atom is -0.340 e. The van der Waals surface area contributed by atoms with Crippen LogP contribution in [0.4, 0.5) is 5.95 Å². The molecule has 2 fully saturated rings. The fourth-order valence-corrected chi connectivity index (χ4v) is 4.38. The summed E-state index contributed by atoms with van der Waals surface area (Å²) in [6, 6.07) is 0.653. The van der Waals surface area contributed by atoms with E-state index in [1.807, 2.05) is 25.1 Å². The smallest absolute Gasteiger partial charge is 0.225 e. The summed E-state index contributed by atoms with van der Waals surface area (Å²) in [7, 11) is -1.01. The van der Waals surface area contributed by atoms with Gasteiger partial charge in [-0.15, -0.1) is 0 Å². The Morgan fingerprint density at radius 2 is 2.14 bits per heavy atom. The Balaban J connectivity index is 1.68. The van der Waals surface area contributed by atoms with Crippen LogP contribution in [0.3, 0.4) is 0 Å². The first kappa shape index (κ1) is 14.7. The molecule has 21 heavy (non-hydrogen) atoms. The van der Waals surface area contributed by atoms with Gasteiger partial charge < -0.3 is 10.2 Å². The molecule has 1 saturated carbocycles. The van der Waals surface area contributed by atoms with Crippen LogP contribution in [0.2, 0.25) is 0 Å². The van der Waals surface area contributed by atoms with Gasteiger partial charge in [-0.05, 0) is 26.2 Å². The zero-order valence-electron chi connectivity index (χ0n) is 12.5. The number of hydrogen-bond acceptors (Lipinski definition) is 6. The van der Waals surface area contributed by atoms with Crippen molar-refractivity contribution in [3.05, 3.63) is 17.5 Å². The van der Waals surface area contributed by atoms with Crippen molar-refractivity contribution in [2.24, 2.45) is 0 Å².